The van der Waals surface area contributed by atoms with Gasteiger partial charge in [0.05, 0.1) is 11.2 Å². The molecule has 0 radical (unpaired) electrons. The third-order valence-electron chi connectivity index (χ3n) is 3.23. The Hall–Kier alpha value is -3.49. The summed E-state index contributed by atoms with van der Waals surface area (Å²) in [5, 5.41) is 13.1. The highest BCUT2D eigenvalue weighted by molar-refractivity contribution is 5.99. The number of benzene rings is 1. The number of ketones is 1. The zero-order valence-electron chi connectivity index (χ0n) is 13.2. The van der Waals surface area contributed by atoms with Crippen molar-refractivity contribution in [3.8, 4) is 0 Å². The van der Waals surface area contributed by atoms with Crippen molar-refractivity contribution in [1.82, 2.24) is 5.32 Å². The first-order chi connectivity index (χ1) is 11.9. The van der Waals surface area contributed by atoms with Crippen molar-refractivity contribution in [1.29, 1.82) is 0 Å². The first kappa shape index (κ1) is 17.9. The molecule has 2 rings (SSSR count). The van der Waals surface area contributed by atoms with Gasteiger partial charge in [-0.3, -0.25) is 24.5 Å². The quantitative estimate of drug-likeness (QED) is 0.349. The fourth-order valence-electron chi connectivity index (χ4n) is 1.91. The Morgan fingerprint density at radius 3 is 2.68 bits per heavy atom. The van der Waals surface area contributed by atoms with Crippen LogP contribution in [0.1, 0.15) is 26.5 Å². The Labute approximate surface area is 141 Å². The van der Waals surface area contributed by atoms with Gasteiger partial charge in [0.25, 0.3) is 11.6 Å². The Balaban J connectivity index is 1.85. The number of amides is 1. The number of aryl methyl sites for hydroxylation is 1. The molecule has 1 amide bonds. The van der Waals surface area contributed by atoms with Gasteiger partial charge in [-0.05, 0) is 19.1 Å². The molecule has 0 fully saturated rings. The van der Waals surface area contributed by atoms with E-state index in [-0.39, 0.29) is 17.0 Å². The number of ether oxygens (including phenoxy) is 1. The van der Waals surface area contributed by atoms with Crippen LogP contribution in [0.15, 0.2) is 41.0 Å². The van der Waals surface area contributed by atoms with Crippen molar-refractivity contribution in [3.05, 3.63) is 63.6 Å². The molecule has 2 aromatic rings. The molecule has 1 aromatic heterocycles. The molecule has 130 valence electrons. The third-order valence-corrected chi connectivity index (χ3v) is 3.23. The summed E-state index contributed by atoms with van der Waals surface area (Å²) in [5.41, 5.74) is 0.284. The summed E-state index contributed by atoms with van der Waals surface area (Å²) in [6.45, 7) is 0.518. The van der Waals surface area contributed by atoms with Crippen molar-refractivity contribution < 1.29 is 28.5 Å². The number of furan rings is 1. The molecule has 25 heavy (non-hydrogen) atoms. The third kappa shape index (κ3) is 4.74. The van der Waals surface area contributed by atoms with E-state index in [0.29, 0.717) is 5.56 Å². The van der Waals surface area contributed by atoms with Crippen LogP contribution < -0.4 is 5.32 Å². The molecule has 1 heterocycles. The molecule has 1 aromatic carbocycles. The number of nitrogens with one attached hydrogen (secondary N) is 1. The van der Waals surface area contributed by atoms with E-state index in [0.717, 1.165) is 6.07 Å². The smallest absolute Gasteiger partial charge is 0.325 e. The van der Waals surface area contributed by atoms with E-state index in [1.54, 1.807) is 6.92 Å². The van der Waals surface area contributed by atoms with Crippen LogP contribution in [0.4, 0.5) is 5.69 Å². The molecule has 0 atom stereocenters. The zero-order valence-corrected chi connectivity index (χ0v) is 13.2. The number of rotatable bonds is 7. The second kappa shape index (κ2) is 7.86. The van der Waals surface area contributed by atoms with Gasteiger partial charge in [0.2, 0.25) is 5.78 Å². The first-order valence-electron chi connectivity index (χ1n) is 7.14. The molecule has 0 bridgehead atoms. The predicted molar refractivity (Wildman–Crippen MR) is 84.2 cm³/mol. The average Bonchev–Trinajstić information content (AvgIpc) is 3.12. The van der Waals surface area contributed by atoms with Crippen LogP contribution >= 0.6 is 0 Å². The number of nitrogens with zero attached hydrogens (tertiary/aromatic N) is 1. The van der Waals surface area contributed by atoms with Crippen molar-refractivity contribution in [2.75, 3.05) is 13.2 Å². The summed E-state index contributed by atoms with van der Waals surface area (Å²) in [4.78, 5) is 45.3. The molecule has 1 N–H and O–H groups in total. The highest BCUT2D eigenvalue weighted by Gasteiger charge is 2.17. The Kier molecular flexibility index (Phi) is 5.62. The van der Waals surface area contributed by atoms with Crippen molar-refractivity contribution in [2.24, 2.45) is 0 Å². The van der Waals surface area contributed by atoms with Gasteiger partial charge < -0.3 is 14.5 Å². The van der Waals surface area contributed by atoms with E-state index < -0.39 is 35.7 Å². The van der Waals surface area contributed by atoms with Crippen LogP contribution in [0.5, 0.6) is 0 Å². The second-order valence-electron chi connectivity index (χ2n) is 5.00. The largest absolute Gasteiger partial charge is 0.459 e. The summed E-state index contributed by atoms with van der Waals surface area (Å²) in [5.74, 6) is -1.97. The maximum Gasteiger partial charge on any atom is 0.325 e. The lowest BCUT2D eigenvalue weighted by molar-refractivity contribution is -0.385. The minimum atomic E-state index is -0.824. The van der Waals surface area contributed by atoms with Crippen LogP contribution in [0.3, 0.4) is 0 Å². The number of esters is 1. The van der Waals surface area contributed by atoms with Gasteiger partial charge in [-0.15, -0.1) is 0 Å². The maximum atomic E-state index is 12.0. The lowest BCUT2D eigenvalue weighted by Crippen LogP contribution is -2.31. The SMILES string of the molecule is Cc1ccc(C(=O)COC(=O)CNC(=O)c2ccco2)cc1[N+](=O)[O-]. The number of carbonyl (C=O) groups excluding carboxylic acids is 3. The van der Waals surface area contributed by atoms with Crippen LogP contribution in [0.25, 0.3) is 0 Å². The lowest BCUT2D eigenvalue weighted by atomic mass is 10.1. The standard InChI is InChI=1S/C16H14N2O7/c1-10-4-5-11(7-12(10)18(22)23)13(19)9-25-15(20)8-17-16(21)14-3-2-6-24-14/h2-7H,8-9H2,1H3,(H,17,21). The first-order valence-corrected chi connectivity index (χ1v) is 7.14. The summed E-state index contributed by atoms with van der Waals surface area (Å²) in [6, 6.07) is 6.93. The van der Waals surface area contributed by atoms with Crippen LogP contribution in [0, 0.1) is 17.0 Å². The van der Waals surface area contributed by atoms with E-state index in [9.17, 15) is 24.5 Å². The molecule has 0 saturated carbocycles. The minimum Gasteiger partial charge on any atom is -0.459 e. The highest BCUT2D eigenvalue weighted by Crippen LogP contribution is 2.19. The number of hydrogen-bond donors (Lipinski definition) is 1. The van der Waals surface area contributed by atoms with Gasteiger partial charge in [-0.25, -0.2) is 0 Å². The molecule has 9 heteroatoms. The van der Waals surface area contributed by atoms with Gasteiger partial charge in [0.15, 0.2) is 12.4 Å². The Morgan fingerprint density at radius 2 is 2.04 bits per heavy atom. The average molecular weight is 346 g/mol. The molecule has 0 unspecified atom stereocenters. The van der Waals surface area contributed by atoms with Gasteiger partial charge in [-0.2, -0.15) is 0 Å². The number of carbonyl (C=O) groups is 3. The second-order valence-corrected chi connectivity index (χ2v) is 5.00. The normalized spacial score (nSPS) is 10.1. The molecule has 0 saturated heterocycles. The summed E-state index contributed by atoms with van der Waals surface area (Å²) in [6.07, 6.45) is 1.31. The summed E-state index contributed by atoms with van der Waals surface area (Å²) < 4.78 is 9.60. The van der Waals surface area contributed by atoms with E-state index in [4.69, 9.17) is 9.15 Å². The number of Topliss-reactive ketones (excluding diaryl/α,β-unsaturated/α-hetero) is 1. The van der Waals surface area contributed by atoms with E-state index in [1.165, 1.54) is 30.5 Å². The zero-order chi connectivity index (χ0) is 18.4. The minimum absolute atomic E-state index is 0.0378. The topological polar surface area (TPSA) is 129 Å². The monoisotopic (exact) mass is 346 g/mol. The van der Waals surface area contributed by atoms with Crippen LogP contribution in [-0.4, -0.2) is 35.7 Å². The van der Waals surface area contributed by atoms with E-state index >= 15 is 0 Å². The maximum absolute atomic E-state index is 12.0. The van der Waals surface area contributed by atoms with Crippen LogP contribution in [-0.2, 0) is 9.53 Å². The number of hydrogen-bond acceptors (Lipinski definition) is 7. The molecule has 0 spiro atoms. The van der Waals surface area contributed by atoms with Crippen LogP contribution in [0.2, 0.25) is 0 Å². The highest BCUT2D eigenvalue weighted by atomic mass is 16.6. The fourth-order valence-corrected chi connectivity index (χ4v) is 1.91. The molecule has 0 aliphatic carbocycles. The predicted octanol–water partition coefficient (Wildman–Crippen LogP) is 1.65. The van der Waals surface area contributed by atoms with Gasteiger partial charge in [0.1, 0.15) is 6.54 Å². The number of nitro groups is 1. The molecule has 0 aliphatic rings. The fraction of sp³-hybridized carbons (Fsp3) is 0.188. The van der Waals surface area contributed by atoms with E-state index in [1.807, 2.05) is 0 Å². The molecular weight excluding hydrogens is 332 g/mol. The Bertz CT molecular complexity index is 812. The molecule has 9 nitrogen and oxygen atoms in total. The van der Waals surface area contributed by atoms with Crippen molar-refractivity contribution in [2.45, 2.75) is 6.92 Å². The number of nitro benzene ring substituents is 1. The summed E-state index contributed by atoms with van der Waals surface area (Å²) >= 11 is 0. The van der Waals surface area contributed by atoms with Gasteiger partial charge in [-0.1, -0.05) is 12.1 Å². The van der Waals surface area contributed by atoms with Gasteiger partial charge in [0, 0.05) is 17.2 Å². The molecular formula is C16H14N2O7. The van der Waals surface area contributed by atoms with E-state index in [2.05, 4.69) is 5.32 Å². The van der Waals surface area contributed by atoms with Crippen molar-refractivity contribution in [3.63, 3.8) is 0 Å². The summed E-state index contributed by atoms with van der Waals surface area (Å²) in [7, 11) is 0. The van der Waals surface area contributed by atoms with Gasteiger partial charge >= 0.3 is 5.97 Å². The van der Waals surface area contributed by atoms with Crippen molar-refractivity contribution >= 4 is 23.3 Å². The Morgan fingerprint density at radius 1 is 1.28 bits per heavy atom. The molecule has 0 aliphatic heterocycles. The lowest BCUT2D eigenvalue weighted by Gasteiger charge is -2.06.